The van der Waals surface area contributed by atoms with Crippen molar-refractivity contribution in [3.05, 3.63) is 112 Å². The number of hydrogen-bond donors (Lipinski definition) is 0. The van der Waals surface area contributed by atoms with Crippen LogP contribution < -0.4 is 0 Å². The molecule has 0 radical (unpaired) electrons. The molecule has 38 heavy (non-hydrogen) atoms. The summed E-state index contributed by atoms with van der Waals surface area (Å²) < 4.78 is 27.5. The first-order valence-electron chi connectivity index (χ1n) is 12.5. The number of halogens is 2. The number of Topliss-reactive ketones (excluding diaryl/α,β-unsaturated/α-hetero) is 3. The fourth-order valence-electron chi connectivity index (χ4n) is 6.99. The van der Waals surface area contributed by atoms with Gasteiger partial charge in [0.1, 0.15) is 11.6 Å². The lowest BCUT2D eigenvalue weighted by Crippen LogP contribution is -2.69. The molecule has 2 heterocycles. The van der Waals surface area contributed by atoms with Crippen LogP contribution in [0.1, 0.15) is 37.8 Å². The van der Waals surface area contributed by atoms with Gasteiger partial charge in [0.2, 0.25) is 0 Å². The van der Waals surface area contributed by atoms with Crippen LogP contribution in [0.25, 0.3) is 6.08 Å². The van der Waals surface area contributed by atoms with Crippen molar-refractivity contribution in [3.8, 4) is 0 Å². The number of carbonyl (C=O) groups is 3. The average Bonchev–Trinajstić information content (AvgIpc) is 3.29. The Morgan fingerprint density at radius 2 is 1.34 bits per heavy atom. The molecular weight excluding hydrogens is 486 g/mol. The first-order chi connectivity index (χ1) is 18.2. The number of benzene rings is 3. The van der Waals surface area contributed by atoms with Gasteiger partial charge in [0.05, 0.1) is 5.41 Å². The van der Waals surface area contributed by atoms with E-state index in [2.05, 4.69) is 0 Å². The van der Waals surface area contributed by atoms with Crippen LogP contribution in [0.2, 0.25) is 0 Å². The molecule has 0 bridgehead atoms. The third-order valence-corrected chi connectivity index (χ3v) is 8.48. The average molecular weight is 513 g/mol. The molecule has 0 unspecified atom stereocenters. The fourth-order valence-corrected chi connectivity index (χ4v) is 6.99. The number of piperidine rings is 1. The lowest BCUT2D eigenvalue weighted by atomic mass is 9.56. The largest absolute Gasteiger partial charge is 0.301 e. The molecule has 2 fully saturated rings. The molecule has 3 aromatic rings. The summed E-state index contributed by atoms with van der Waals surface area (Å²) in [6.07, 6.45) is 1.71. The summed E-state index contributed by atoms with van der Waals surface area (Å²) in [5.41, 5.74) is -0.816. The second kappa shape index (κ2) is 8.61. The molecule has 0 amide bonds. The van der Waals surface area contributed by atoms with Crippen molar-refractivity contribution < 1.29 is 23.2 Å². The van der Waals surface area contributed by atoms with Gasteiger partial charge in [-0.15, -0.1) is 0 Å². The topological polar surface area (TPSA) is 57.7 Å². The van der Waals surface area contributed by atoms with Crippen LogP contribution in [0.15, 0.2) is 78.4 Å². The molecule has 0 aromatic heterocycles. The Morgan fingerprint density at radius 1 is 0.789 bits per heavy atom. The van der Waals surface area contributed by atoms with E-state index in [1.165, 1.54) is 24.3 Å². The van der Waals surface area contributed by atoms with E-state index < -0.39 is 22.7 Å². The first kappa shape index (κ1) is 24.5. The van der Waals surface area contributed by atoms with Crippen molar-refractivity contribution in [3.63, 3.8) is 0 Å². The minimum atomic E-state index is -1.75. The van der Waals surface area contributed by atoms with Gasteiger partial charge in [0.15, 0.2) is 22.9 Å². The van der Waals surface area contributed by atoms with E-state index >= 15 is 0 Å². The number of carbonyl (C=O) groups excluding carboxylic acids is 3. The molecule has 0 N–H and O–H groups in total. The van der Waals surface area contributed by atoms with Gasteiger partial charge in [-0.2, -0.15) is 0 Å². The maximum Gasteiger partial charge on any atom is 0.192 e. The number of likely N-dealkylation sites (N-methyl/N-ethyl adjacent to an activating group) is 2. The standard InChI is InChI=1S/C31H26F2N2O3/c1-34-16-21(15-19-7-11-22(32)12-8-19)27(36)30(18-34)26(20-9-13-23(33)14-10-20)17-35(2)31(30)28(37)24-5-3-4-6-25(24)29(31)38/h3-15,26H,16-18H2,1-2H3/b21-15+/t26-,30+/m1/s1. The van der Waals surface area contributed by atoms with Gasteiger partial charge in [-0.25, -0.2) is 8.78 Å². The van der Waals surface area contributed by atoms with Crippen LogP contribution >= 0.6 is 0 Å². The zero-order chi connectivity index (χ0) is 26.8. The van der Waals surface area contributed by atoms with Gasteiger partial charge in [-0.05, 0) is 55.6 Å². The molecule has 7 heteroatoms. The van der Waals surface area contributed by atoms with Crippen LogP contribution in [-0.4, -0.2) is 66.4 Å². The fraction of sp³-hybridized carbons (Fsp3) is 0.258. The van der Waals surface area contributed by atoms with E-state index in [0.717, 1.165) is 0 Å². The zero-order valence-corrected chi connectivity index (χ0v) is 21.1. The Morgan fingerprint density at radius 3 is 1.92 bits per heavy atom. The summed E-state index contributed by atoms with van der Waals surface area (Å²) in [5, 5.41) is 0. The van der Waals surface area contributed by atoms with Crippen LogP contribution in [0, 0.1) is 17.0 Å². The summed E-state index contributed by atoms with van der Waals surface area (Å²) in [6.45, 7) is 0.744. The molecule has 2 saturated heterocycles. The van der Waals surface area contributed by atoms with E-state index in [-0.39, 0.29) is 36.3 Å². The Bertz CT molecular complexity index is 1480. The van der Waals surface area contributed by atoms with Crippen molar-refractivity contribution in [2.75, 3.05) is 33.7 Å². The van der Waals surface area contributed by atoms with E-state index in [1.807, 2.05) is 11.9 Å². The summed E-state index contributed by atoms with van der Waals surface area (Å²) in [7, 11) is 3.58. The molecule has 2 atom stereocenters. The maximum absolute atomic E-state index is 14.8. The van der Waals surface area contributed by atoms with Crippen LogP contribution in [0.3, 0.4) is 0 Å². The second-order valence-corrected chi connectivity index (χ2v) is 10.6. The Labute approximate surface area is 219 Å². The second-order valence-electron chi connectivity index (χ2n) is 10.6. The smallest absolute Gasteiger partial charge is 0.192 e. The molecular formula is C31H26F2N2O3. The summed E-state index contributed by atoms with van der Waals surface area (Å²) >= 11 is 0. The van der Waals surface area contributed by atoms with Gasteiger partial charge in [0, 0.05) is 42.3 Å². The molecule has 3 aromatic carbocycles. The normalized spacial score (nSPS) is 26.2. The van der Waals surface area contributed by atoms with Gasteiger partial charge < -0.3 is 4.90 Å². The molecule has 2 spiro atoms. The minimum absolute atomic E-state index is 0.171. The van der Waals surface area contributed by atoms with Crippen LogP contribution in [0.5, 0.6) is 0 Å². The molecule has 5 nitrogen and oxygen atoms in total. The van der Waals surface area contributed by atoms with Crippen molar-refractivity contribution in [2.45, 2.75) is 11.5 Å². The van der Waals surface area contributed by atoms with E-state index in [9.17, 15) is 23.2 Å². The number of ketones is 3. The highest BCUT2D eigenvalue weighted by molar-refractivity contribution is 6.36. The summed E-state index contributed by atoms with van der Waals surface area (Å²) in [6, 6.07) is 18.5. The van der Waals surface area contributed by atoms with Crippen LogP contribution in [-0.2, 0) is 4.79 Å². The summed E-state index contributed by atoms with van der Waals surface area (Å²) in [4.78, 5) is 47.2. The van der Waals surface area contributed by atoms with E-state index in [0.29, 0.717) is 34.4 Å². The number of rotatable bonds is 2. The number of hydrogen-bond acceptors (Lipinski definition) is 5. The van der Waals surface area contributed by atoms with Crippen LogP contribution in [0.4, 0.5) is 8.78 Å². The van der Waals surface area contributed by atoms with Crippen molar-refractivity contribution in [2.24, 2.45) is 5.41 Å². The molecule has 192 valence electrons. The van der Waals surface area contributed by atoms with Crippen molar-refractivity contribution in [1.29, 1.82) is 0 Å². The predicted octanol–water partition coefficient (Wildman–Crippen LogP) is 4.40. The third-order valence-electron chi connectivity index (χ3n) is 8.48. The number of fused-ring (bicyclic) bond motifs is 2. The monoisotopic (exact) mass is 512 g/mol. The zero-order valence-electron chi connectivity index (χ0n) is 21.1. The van der Waals surface area contributed by atoms with Gasteiger partial charge in [0.25, 0.3) is 0 Å². The lowest BCUT2D eigenvalue weighted by molar-refractivity contribution is -0.132. The van der Waals surface area contributed by atoms with Gasteiger partial charge in [-0.1, -0.05) is 48.5 Å². The quantitative estimate of drug-likeness (QED) is 0.377. The van der Waals surface area contributed by atoms with Gasteiger partial charge in [-0.3, -0.25) is 19.3 Å². The number of likely N-dealkylation sites (tertiary alicyclic amines) is 2. The molecule has 1 aliphatic carbocycles. The predicted molar refractivity (Wildman–Crippen MR) is 139 cm³/mol. The number of nitrogens with zero attached hydrogens (tertiary/aromatic N) is 2. The van der Waals surface area contributed by atoms with Crippen molar-refractivity contribution in [1.82, 2.24) is 9.80 Å². The van der Waals surface area contributed by atoms with Crippen molar-refractivity contribution >= 4 is 23.4 Å². The first-order valence-corrected chi connectivity index (χ1v) is 12.5. The lowest BCUT2D eigenvalue weighted by Gasteiger charge is -2.50. The highest BCUT2D eigenvalue weighted by Crippen LogP contribution is 2.60. The minimum Gasteiger partial charge on any atom is -0.301 e. The SMILES string of the molecule is CN1C/C(=C\c2ccc(F)cc2)C(=O)[C@]2(C1)[C@@H](c1ccc(F)cc1)CN(C)C21C(=O)c2ccccc2C1=O. The van der Waals surface area contributed by atoms with E-state index in [1.54, 1.807) is 66.6 Å². The third kappa shape index (κ3) is 3.18. The molecule has 3 aliphatic rings. The Hall–Kier alpha value is -3.81. The molecule has 6 rings (SSSR count). The van der Waals surface area contributed by atoms with Gasteiger partial charge >= 0.3 is 0 Å². The highest BCUT2D eigenvalue weighted by Gasteiger charge is 2.77. The molecule has 0 saturated carbocycles. The summed E-state index contributed by atoms with van der Waals surface area (Å²) in [5.74, 6) is -2.39. The maximum atomic E-state index is 14.8. The highest BCUT2D eigenvalue weighted by atomic mass is 19.1. The Kier molecular flexibility index (Phi) is 5.56. The van der Waals surface area contributed by atoms with E-state index in [4.69, 9.17) is 0 Å². The molecule has 2 aliphatic heterocycles. The Balaban J connectivity index is 1.61.